The number of anilines is 1. The number of nitrogen functional groups attached to an aromatic ring is 1. The average molecular weight is 711 g/mol. The summed E-state index contributed by atoms with van der Waals surface area (Å²) in [5.74, 6) is -1.01. The molecule has 24 nitrogen and oxygen atoms in total. The molecule has 2 aromatic rings. The summed E-state index contributed by atoms with van der Waals surface area (Å²) in [5.41, 5.74) is 5.84. The zero-order chi connectivity index (χ0) is 33.5. The summed E-state index contributed by atoms with van der Waals surface area (Å²) in [6.45, 7) is -0.873. The van der Waals surface area contributed by atoms with Crippen molar-refractivity contribution in [1.82, 2.24) is 19.5 Å². The van der Waals surface area contributed by atoms with Crippen LogP contribution in [0.2, 0.25) is 0 Å². The highest BCUT2D eigenvalue weighted by atomic mass is 31.2. The molecule has 2 aromatic heterocycles. The van der Waals surface area contributed by atoms with Crippen LogP contribution in [-0.4, -0.2) is 127 Å². The van der Waals surface area contributed by atoms with E-state index in [4.69, 9.17) is 29.2 Å². The van der Waals surface area contributed by atoms with E-state index in [1.807, 2.05) is 0 Å². The molecule has 0 spiro atoms. The predicted molar refractivity (Wildman–Crippen MR) is 138 cm³/mol. The maximum atomic E-state index is 12.0. The van der Waals surface area contributed by atoms with Gasteiger partial charge in [-0.2, -0.15) is 0 Å². The van der Waals surface area contributed by atoms with Crippen molar-refractivity contribution in [1.29, 1.82) is 0 Å². The highest BCUT2D eigenvalue weighted by molar-refractivity contribution is 7.46. The van der Waals surface area contributed by atoms with Gasteiger partial charge in [-0.25, -0.2) is 28.6 Å². The number of hydrogen-bond acceptors (Lipinski definition) is 17. The van der Waals surface area contributed by atoms with E-state index in [9.17, 15) is 58.1 Å². The number of carbonyl (C=O) groups excluding carboxylic acids is 1. The van der Waals surface area contributed by atoms with E-state index in [1.54, 1.807) is 0 Å². The normalized spacial score (nSPS) is 31.4. The van der Waals surface area contributed by atoms with Crippen molar-refractivity contribution in [2.75, 3.05) is 18.9 Å². The van der Waals surface area contributed by atoms with Gasteiger partial charge in [0.05, 0.1) is 12.9 Å². The monoisotopic (exact) mass is 711 g/mol. The number of hydrogen-bond donors (Lipinski definition) is 9. The van der Waals surface area contributed by atoms with Crippen molar-refractivity contribution >= 4 is 46.4 Å². The van der Waals surface area contributed by atoms with Gasteiger partial charge in [0.25, 0.3) is 0 Å². The maximum Gasteiger partial charge on any atom is 0.470 e. The third-order valence-electron chi connectivity index (χ3n) is 6.26. The van der Waals surface area contributed by atoms with E-state index in [-0.39, 0.29) is 17.0 Å². The van der Waals surface area contributed by atoms with Crippen LogP contribution >= 0.6 is 23.5 Å². The molecule has 2 fully saturated rings. The summed E-state index contributed by atoms with van der Waals surface area (Å²) >= 11 is 0. The van der Waals surface area contributed by atoms with Gasteiger partial charge in [0.1, 0.15) is 61.2 Å². The van der Waals surface area contributed by atoms with Crippen LogP contribution in [0.3, 0.4) is 0 Å². The van der Waals surface area contributed by atoms with Crippen LogP contribution < -0.4 is 5.73 Å². The van der Waals surface area contributed by atoms with Crippen molar-refractivity contribution in [3.8, 4) is 0 Å². The van der Waals surface area contributed by atoms with Crippen molar-refractivity contribution < 1.29 is 90.6 Å². The molecule has 254 valence electrons. The summed E-state index contributed by atoms with van der Waals surface area (Å²) in [6, 6.07) is 0. The number of phosphoric ester groups is 3. The van der Waals surface area contributed by atoms with Gasteiger partial charge in [0.15, 0.2) is 24.0 Å². The molecule has 4 heterocycles. The molecule has 10 N–H and O–H groups in total. The summed E-state index contributed by atoms with van der Waals surface area (Å²) in [4.78, 5) is 80.3. The lowest BCUT2D eigenvalue weighted by atomic mass is 9.99. The SMILES string of the molecule is CC(=O)OC[C@H]1O[C@H](O[C@H]2[C@@H](OP(=O)(O)O)[C@H](n3cnc4c(N)ncnc43)O[C@@H]2CO)[C@H](O)[C@@H](OP(=O)(O)O)[C@@H]1OP(=O)(O)O. The first-order valence-electron chi connectivity index (χ1n) is 12.3. The van der Waals surface area contributed by atoms with Gasteiger partial charge in [-0.3, -0.25) is 22.9 Å². The van der Waals surface area contributed by atoms with Crippen LogP contribution in [-0.2, 0) is 51.0 Å². The molecule has 4 rings (SSSR count). The number of nitrogens with zero attached hydrogens (tertiary/aromatic N) is 4. The summed E-state index contributed by atoms with van der Waals surface area (Å²) in [6.07, 6.45) is -15.6. The van der Waals surface area contributed by atoms with Crippen LogP contribution in [0.5, 0.6) is 0 Å². The van der Waals surface area contributed by atoms with Crippen molar-refractivity contribution in [2.45, 2.75) is 62.2 Å². The molecule has 45 heavy (non-hydrogen) atoms. The quantitative estimate of drug-likeness (QED) is 0.0771. The van der Waals surface area contributed by atoms with Gasteiger partial charge >= 0.3 is 29.4 Å². The molecule has 9 atom stereocenters. The minimum atomic E-state index is -5.57. The summed E-state index contributed by atoms with van der Waals surface area (Å²) in [5, 5.41) is 21.1. The Morgan fingerprint density at radius 3 is 2.09 bits per heavy atom. The van der Waals surface area contributed by atoms with Crippen molar-refractivity contribution in [3.63, 3.8) is 0 Å². The first-order valence-corrected chi connectivity index (χ1v) is 16.9. The average Bonchev–Trinajstić information content (AvgIpc) is 3.46. The number of aromatic nitrogens is 4. The van der Waals surface area contributed by atoms with Gasteiger partial charge in [0, 0.05) is 6.92 Å². The number of aliphatic hydroxyl groups is 2. The molecule has 0 unspecified atom stereocenters. The second-order valence-electron chi connectivity index (χ2n) is 9.45. The highest BCUT2D eigenvalue weighted by Crippen LogP contribution is 2.49. The Hall–Kier alpha value is -2.05. The second kappa shape index (κ2) is 13.6. The van der Waals surface area contributed by atoms with E-state index >= 15 is 0 Å². The number of carbonyl (C=O) groups is 1. The smallest absolute Gasteiger partial charge is 0.463 e. The van der Waals surface area contributed by atoms with E-state index in [1.165, 1.54) is 0 Å². The van der Waals surface area contributed by atoms with Gasteiger partial charge in [0.2, 0.25) is 0 Å². The zero-order valence-electron chi connectivity index (χ0n) is 22.5. The number of imidazole rings is 1. The number of rotatable bonds is 12. The minimum absolute atomic E-state index is 0.00733. The van der Waals surface area contributed by atoms with Crippen LogP contribution in [0, 0.1) is 0 Å². The number of ether oxygens (including phenoxy) is 4. The number of esters is 1. The fourth-order valence-electron chi connectivity index (χ4n) is 4.63. The van der Waals surface area contributed by atoms with Crippen LogP contribution in [0.1, 0.15) is 13.2 Å². The first kappa shape index (κ1) is 35.8. The number of fused-ring (bicyclic) bond motifs is 1. The minimum Gasteiger partial charge on any atom is -0.463 e. The molecule has 2 saturated heterocycles. The van der Waals surface area contributed by atoms with Crippen molar-refractivity contribution in [3.05, 3.63) is 12.7 Å². The van der Waals surface area contributed by atoms with E-state index in [0.717, 1.165) is 24.1 Å². The molecule has 0 bridgehead atoms. The Morgan fingerprint density at radius 1 is 0.911 bits per heavy atom. The van der Waals surface area contributed by atoms with Gasteiger partial charge in [-0.05, 0) is 0 Å². The molecular formula is C18H28N5O19P3. The zero-order valence-corrected chi connectivity index (χ0v) is 25.2. The number of phosphoric acid groups is 3. The molecule has 2 aliphatic rings. The predicted octanol–water partition coefficient (Wildman–Crippen LogP) is -3.23. The second-order valence-corrected chi connectivity index (χ2v) is 13.0. The highest BCUT2D eigenvalue weighted by Gasteiger charge is 2.56. The Kier molecular flexibility index (Phi) is 10.8. The standard InChI is InChI=1S/C18H28N5O19P3/c1-6(25)36-3-8-12(40-43(27,28)29)13(41-44(30,31)32)10(26)18(38-8)39-11-7(2-24)37-17(14(11)42-45(33,34)35)23-5-22-9-15(19)20-4-21-16(9)23/h4-5,7-8,10-14,17-18,24,26H,2-3H2,1H3,(H2,19,20,21)(H2,27,28,29)(H2,30,31,32)(H2,33,34,35)/t7-,8-,10-,11-,12-,13-,14-,17-,18-/m1/s1. The topological polar surface area (TPSA) is 364 Å². The third kappa shape index (κ3) is 8.86. The van der Waals surface area contributed by atoms with Gasteiger partial charge in [-0.1, -0.05) is 0 Å². The molecule has 0 saturated carbocycles. The fraction of sp³-hybridized carbons (Fsp3) is 0.667. The lowest BCUT2D eigenvalue weighted by Gasteiger charge is -2.44. The molecular weight excluding hydrogens is 683 g/mol. The van der Waals surface area contributed by atoms with Gasteiger partial charge in [-0.15, -0.1) is 0 Å². The Labute approximate surface area is 250 Å². The molecule has 0 amide bonds. The Balaban J connectivity index is 1.73. The van der Waals surface area contributed by atoms with Crippen LogP contribution in [0.15, 0.2) is 12.7 Å². The Morgan fingerprint density at radius 2 is 1.51 bits per heavy atom. The lowest BCUT2D eigenvalue weighted by molar-refractivity contribution is -0.313. The maximum absolute atomic E-state index is 12.0. The summed E-state index contributed by atoms with van der Waals surface area (Å²) in [7, 11) is -16.5. The Bertz CT molecular complexity index is 1510. The van der Waals surface area contributed by atoms with Crippen LogP contribution in [0.4, 0.5) is 5.82 Å². The molecule has 27 heteroatoms. The van der Waals surface area contributed by atoms with E-state index < -0.39 is 97.9 Å². The first-order chi connectivity index (χ1) is 20.8. The third-order valence-corrected chi connectivity index (χ3v) is 7.81. The molecule has 0 radical (unpaired) electrons. The molecule has 0 aliphatic carbocycles. The number of nitrogens with two attached hydrogens (primary N) is 1. The van der Waals surface area contributed by atoms with Crippen molar-refractivity contribution in [2.24, 2.45) is 0 Å². The van der Waals surface area contributed by atoms with Crippen LogP contribution in [0.25, 0.3) is 11.2 Å². The van der Waals surface area contributed by atoms with Gasteiger partial charge < -0.3 is 64.3 Å². The number of aliphatic hydroxyl groups excluding tert-OH is 2. The summed E-state index contributed by atoms with van der Waals surface area (Å²) < 4.78 is 72.3. The molecule has 0 aromatic carbocycles. The van der Waals surface area contributed by atoms with E-state index in [2.05, 4.69) is 24.0 Å². The fourth-order valence-corrected chi connectivity index (χ4v) is 6.31. The molecule has 2 aliphatic heterocycles. The lowest BCUT2D eigenvalue weighted by Crippen LogP contribution is -2.62. The van der Waals surface area contributed by atoms with E-state index in [0.29, 0.717) is 0 Å². The largest absolute Gasteiger partial charge is 0.470 e.